The Morgan fingerprint density at radius 3 is 2.44 bits per heavy atom. The van der Waals surface area contributed by atoms with Crippen molar-refractivity contribution in [2.45, 2.75) is 31.0 Å². The summed E-state index contributed by atoms with van der Waals surface area (Å²) in [5.41, 5.74) is 0. The molecular weight excluding hydrogens is 342 g/mol. The molecule has 8 heteroatoms. The first-order valence-corrected chi connectivity index (χ1v) is 8.20. The van der Waals surface area contributed by atoms with Crippen molar-refractivity contribution in [2.24, 2.45) is 0 Å². The van der Waals surface area contributed by atoms with Gasteiger partial charge in [-0.1, -0.05) is 0 Å². The summed E-state index contributed by atoms with van der Waals surface area (Å²) in [5.74, 6) is -1.17. The maximum atomic E-state index is 12.4. The van der Waals surface area contributed by atoms with Crippen molar-refractivity contribution in [1.29, 1.82) is 0 Å². The van der Waals surface area contributed by atoms with Crippen LogP contribution in [-0.4, -0.2) is 36.4 Å². The number of aliphatic carboxylic acids is 1. The molecule has 18 heavy (non-hydrogen) atoms. The molecule has 0 atom stereocenters. The first-order chi connectivity index (χ1) is 8.16. The normalized spacial score (nSPS) is 12.3. The zero-order valence-corrected chi connectivity index (χ0v) is 13.4. The molecule has 0 aliphatic rings. The third-order valence-corrected chi connectivity index (χ3v) is 6.92. The average molecular weight is 356 g/mol. The lowest BCUT2D eigenvalue weighted by atomic mass is 10.4. The van der Waals surface area contributed by atoms with Gasteiger partial charge in [0.25, 0.3) is 10.0 Å². The van der Waals surface area contributed by atoms with Gasteiger partial charge in [-0.05, 0) is 42.8 Å². The van der Waals surface area contributed by atoms with E-state index in [1.165, 1.54) is 0 Å². The van der Waals surface area contributed by atoms with Gasteiger partial charge in [0.15, 0.2) is 0 Å². The van der Waals surface area contributed by atoms with E-state index < -0.39 is 28.6 Å². The van der Waals surface area contributed by atoms with Gasteiger partial charge in [-0.15, -0.1) is 11.3 Å². The van der Waals surface area contributed by atoms with Crippen molar-refractivity contribution < 1.29 is 18.3 Å². The molecular formula is C10H14BrNO4S2. The summed E-state index contributed by atoms with van der Waals surface area (Å²) in [6.07, 6.45) is 0. The standard InChI is InChI=1S/C10H14BrNO4S2/c1-6(2)12(5-9(13)14)18(15,16)10-8(11)4-7(3)17-10/h4,6H,5H2,1-3H3,(H,13,14). The van der Waals surface area contributed by atoms with E-state index in [0.29, 0.717) is 4.47 Å². The van der Waals surface area contributed by atoms with E-state index in [9.17, 15) is 13.2 Å². The number of carboxylic acid groups (broad SMARTS) is 1. The largest absolute Gasteiger partial charge is 0.480 e. The summed E-state index contributed by atoms with van der Waals surface area (Å²) in [6.45, 7) is 4.55. The molecule has 1 heterocycles. The minimum Gasteiger partial charge on any atom is -0.480 e. The number of sulfonamides is 1. The number of thiophene rings is 1. The number of carboxylic acids is 1. The van der Waals surface area contributed by atoms with Crippen LogP contribution in [0.15, 0.2) is 14.7 Å². The number of hydrogen-bond acceptors (Lipinski definition) is 4. The number of nitrogens with zero attached hydrogens (tertiary/aromatic N) is 1. The fourth-order valence-electron chi connectivity index (χ4n) is 1.42. The highest BCUT2D eigenvalue weighted by atomic mass is 79.9. The van der Waals surface area contributed by atoms with Crippen molar-refractivity contribution in [3.05, 3.63) is 15.4 Å². The van der Waals surface area contributed by atoms with Gasteiger partial charge < -0.3 is 5.11 Å². The van der Waals surface area contributed by atoms with Crippen LogP contribution in [0.1, 0.15) is 18.7 Å². The summed E-state index contributed by atoms with van der Waals surface area (Å²) in [6, 6.07) is 1.29. The van der Waals surface area contributed by atoms with Crippen LogP contribution in [0.4, 0.5) is 0 Å². The van der Waals surface area contributed by atoms with Gasteiger partial charge in [-0.2, -0.15) is 4.31 Å². The molecule has 0 aliphatic carbocycles. The molecule has 0 bridgehead atoms. The van der Waals surface area contributed by atoms with Crippen molar-refractivity contribution in [3.8, 4) is 0 Å². The van der Waals surface area contributed by atoms with E-state index in [0.717, 1.165) is 20.5 Å². The highest BCUT2D eigenvalue weighted by Crippen LogP contribution is 2.33. The molecule has 0 amide bonds. The third kappa shape index (κ3) is 3.31. The molecule has 1 aromatic heterocycles. The van der Waals surface area contributed by atoms with Gasteiger partial charge in [0, 0.05) is 15.4 Å². The van der Waals surface area contributed by atoms with Crippen LogP contribution in [0.2, 0.25) is 0 Å². The Morgan fingerprint density at radius 1 is 1.56 bits per heavy atom. The number of hydrogen-bond donors (Lipinski definition) is 1. The van der Waals surface area contributed by atoms with Crippen molar-refractivity contribution >= 4 is 43.3 Å². The van der Waals surface area contributed by atoms with E-state index >= 15 is 0 Å². The second-order valence-electron chi connectivity index (χ2n) is 4.03. The Labute approximate surface area is 119 Å². The second kappa shape index (κ2) is 5.68. The number of carbonyl (C=O) groups is 1. The Balaban J connectivity index is 3.25. The molecule has 0 spiro atoms. The SMILES string of the molecule is Cc1cc(Br)c(S(=O)(=O)N(CC(=O)O)C(C)C)s1. The molecule has 102 valence electrons. The molecule has 0 saturated heterocycles. The smallest absolute Gasteiger partial charge is 0.318 e. The number of rotatable bonds is 5. The molecule has 0 radical (unpaired) electrons. The van der Waals surface area contributed by atoms with Crippen molar-refractivity contribution in [3.63, 3.8) is 0 Å². The Hall–Kier alpha value is -0.440. The second-order valence-corrected chi connectivity index (χ2v) is 8.23. The predicted octanol–water partition coefficient (Wildman–Crippen LogP) is 2.30. The molecule has 0 aromatic carbocycles. The van der Waals surface area contributed by atoms with Crippen LogP contribution in [0.5, 0.6) is 0 Å². The first-order valence-electron chi connectivity index (χ1n) is 5.16. The van der Waals surface area contributed by atoms with E-state index in [1.807, 2.05) is 0 Å². The van der Waals surface area contributed by atoms with E-state index in [4.69, 9.17) is 5.11 Å². The average Bonchev–Trinajstić information content (AvgIpc) is 2.54. The lowest BCUT2D eigenvalue weighted by Crippen LogP contribution is -2.40. The van der Waals surface area contributed by atoms with Gasteiger partial charge in [0.2, 0.25) is 0 Å². The van der Waals surface area contributed by atoms with Crippen LogP contribution in [0.3, 0.4) is 0 Å². The van der Waals surface area contributed by atoms with Crippen molar-refractivity contribution in [2.75, 3.05) is 6.54 Å². The first kappa shape index (κ1) is 15.6. The zero-order valence-electron chi connectivity index (χ0n) is 10.2. The van der Waals surface area contributed by atoms with Crippen LogP contribution in [0.25, 0.3) is 0 Å². The highest BCUT2D eigenvalue weighted by Gasteiger charge is 2.32. The van der Waals surface area contributed by atoms with E-state index in [1.54, 1.807) is 26.8 Å². The zero-order chi connectivity index (χ0) is 14.1. The summed E-state index contributed by atoms with van der Waals surface area (Å²) in [4.78, 5) is 11.6. The molecule has 0 aliphatic heterocycles. The fourth-order valence-corrected chi connectivity index (χ4v) is 5.86. The summed E-state index contributed by atoms with van der Waals surface area (Å²) in [7, 11) is -3.78. The van der Waals surface area contributed by atoms with Crippen LogP contribution in [-0.2, 0) is 14.8 Å². The molecule has 0 unspecified atom stereocenters. The molecule has 1 aromatic rings. The highest BCUT2D eigenvalue weighted by molar-refractivity contribution is 9.10. The summed E-state index contributed by atoms with van der Waals surface area (Å²) in [5, 5.41) is 8.80. The van der Waals surface area contributed by atoms with Gasteiger partial charge in [0.1, 0.15) is 10.8 Å². The van der Waals surface area contributed by atoms with E-state index in [-0.39, 0.29) is 4.21 Å². The fraction of sp³-hybridized carbons (Fsp3) is 0.500. The minimum atomic E-state index is -3.78. The Morgan fingerprint density at radius 2 is 2.11 bits per heavy atom. The molecule has 1 rings (SSSR count). The molecule has 5 nitrogen and oxygen atoms in total. The number of halogens is 1. The van der Waals surface area contributed by atoms with Crippen LogP contribution < -0.4 is 0 Å². The minimum absolute atomic E-state index is 0.148. The molecule has 0 fully saturated rings. The number of aryl methyl sites for hydroxylation is 1. The van der Waals surface area contributed by atoms with E-state index in [2.05, 4.69) is 15.9 Å². The predicted molar refractivity (Wildman–Crippen MR) is 73.4 cm³/mol. The lowest BCUT2D eigenvalue weighted by Gasteiger charge is -2.23. The van der Waals surface area contributed by atoms with Crippen LogP contribution >= 0.6 is 27.3 Å². The Bertz CT molecular complexity index is 550. The molecule has 1 N–H and O–H groups in total. The monoisotopic (exact) mass is 355 g/mol. The van der Waals surface area contributed by atoms with Crippen LogP contribution in [0, 0.1) is 6.92 Å². The Kier molecular flexibility index (Phi) is 4.93. The van der Waals surface area contributed by atoms with Gasteiger partial charge >= 0.3 is 5.97 Å². The topological polar surface area (TPSA) is 74.7 Å². The van der Waals surface area contributed by atoms with Gasteiger partial charge in [0.05, 0.1) is 0 Å². The van der Waals surface area contributed by atoms with Crippen molar-refractivity contribution in [1.82, 2.24) is 4.31 Å². The maximum absolute atomic E-state index is 12.4. The maximum Gasteiger partial charge on any atom is 0.318 e. The van der Waals surface area contributed by atoms with Gasteiger partial charge in [-0.3, -0.25) is 4.79 Å². The quantitative estimate of drug-likeness (QED) is 0.879. The lowest BCUT2D eigenvalue weighted by molar-refractivity contribution is -0.137. The summed E-state index contributed by atoms with van der Waals surface area (Å²) >= 11 is 4.32. The molecule has 0 saturated carbocycles. The summed E-state index contributed by atoms with van der Waals surface area (Å²) < 4.78 is 26.4. The third-order valence-electron chi connectivity index (χ3n) is 2.19. The van der Waals surface area contributed by atoms with Gasteiger partial charge in [-0.25, -0.2) is 8.42 Å².